The molecule has 1 aliphatic carbocycles. The Hall–Kier alpha value is -3.07. The van der Waals surface area contributed by atoms with Crippen molar-refractivity contribution in [3.63, 3.8) is 0 Å². The first-order valence-electron chi connectivity index (χ1n) is 9.83. The lowest BCUT2D eigenvalue weighted by atomic mass is 9.93. The van der Waals surface area contributed by atoms with E-state index in [1.54, 1.807) is 0 Å². The van der Waals surface area contributed by atoms with Crippen molar-refractivity contribution >= 4 is 41.5 Å². The molecule has 166 valence electrons. The average Bonchev–Trinajstić information content (AvgIpc) is 2.75. The van der Waals surface area contributed by atoms with Gasteiger partial charge in [-0.3, -0.25) is 19.8 Å². The second kappa shape index (κ2) is 9.82. The summed E-state index contributed by atoms with van der Waals surface area (Å²) < 4.78 is 15.2. The van der Waals surface area contributed by atoms with Gasteiger partial charge in [0.05, 0.1) is 19.2 Å². The second-order valence-corrected chi connectivity index (χ2v) is 7.59. The molecule has 0 radical (unpaired) electrons. The molecule has 0 spiro atoms. The molecule has 10 heteroatoms. The number of barbiturate groups is 1. The molecule has 1 aromatic rings. The summed E-state index contributed by atoms with van der Waals surface area (Å²) in [5.41, 5.74) is 0.218. The van der Waals surface area contributed by atoms with E-state index in [9.17, 15) is 19.2 Å². The van der Waals surface area contributed by atoms with Gasteiger partial charge in [-0.2, -0.15) is 0 Å². The van der Waals surface area contributed by atoms with E-state index in [0.717, 1.165) is 24.2 Å². The summed E-state index contributed by atoms with van der Waals surface area (Å²) in [6, 6.07) is 2.05. The molecule has 31 heavy (non-hydrogen) atoms. The van der Waals surface area contributed by atoms with Crippen molar-refractivity contribution < 1.29 is 33.4 Å². The Labute approximate surface area is 184 Å². The standard InChI is InChI=1S/C21H23ClN2O7/c1-29-16-10-12(9-15(22)18(16)31-11-17(25)30-2)8-14-19(26)23-21(28)24(20(14)27)13-6-4-3-5-7-13/h8-10,13H,3-7,11H2,1-2H3,(H,23,26,28). The molecule has 1 heterocycles. The SMILES string of the molecule is COC(=O)COc1c(Cl)cc(C=C2C(=O)NC(=O)N(C3CCCCC3)C2=O)cc1OC. The molecular formula is C21H23ClN2O7. The van der Waals surface area contributed by atoms with Gasteiger partial charge in [-0.05, 0) is 36.6 Å². The number of methoxy groups -OCH3 is 2. The number of nitrogens with zero attached hydrogens (tertiary/aromatic N) is 1. The molecule has 1 saturated carbocycles. The molecule has 4 amide bonds. The van der Waals surface area contributed by atoms with Crippen molar-refractivity contribution in [2.75, 3.05) is 20.8 Å². The van der Waals surface area contributed by atoms with Crippen LogP contribution in [0.15, 0.2) is 17.7 Å². The van der Waals surface area contributed by atoms with E-state index in [1.807, 2.05) is 0 Å². The van der Waals surface area contributed by atoms with Crippen LogP contribution in [0.3, 0.4) is 0 Å². The van der Waals surface area contributed by atoms with Gasteiger partial charge in [0.1, 0.15) is 5.57 Å². The Morgan fingerprint density at radius 2 is 1.90 bits per heavy atom. The summed E-state index contributed by atoms with van der Waals surface area (Å²) in [5, 5.41) is 2.35. The van der Waals surface area contributed by atoms with E-state index < -0.39 is 23.8 Å². The number of hydrogen-bond donors (Lipinski definition) is 1. The van der Waals surface area contributed by atoms with Crippen LogP contribution in [0.2, 0.25) is 5.02 Å². The van der Waals surface area contributed by atoms with Gasteiger partial charge >= 0.3 is 12.0 Å². The molecule has 9 nitrogen and oxygen atoms in total. The lowest BCUT2D eigenvalue weighted by Gasteiger charge is -2.35. The number of rotatable bonds is 6. The van der Waals surface area contributed by atoms with E-state index in [-0.39, 0.29) is 34.7 Å². The number of urea groups is 1. The number of carbonyl (C=O) groups excluding carboxylic acids is 4. The van der Waals surface area contributed by atoms with E-state index in [2.05, 4.69) is 10.1 Å². The Kier molecular flexibility index (Phi) is 7.17. The zero-order valence-corrected chi connectivity index (χ0v) is 18.0. The van der Waals surface area contributed by atoms with Gasteiger partial charge in [-0.1, -0.05) is 30.9 Å². The maximum atomic E-state index is 13.0. The first-order valence-corrected chi connectivity index (χ1v) is 10.2. The number of hydrogen-bond acceptors (Lipinski definition) is 7. The summed E-state index contributed by atoms with van der Waals surface area (Å²) in [6.07, 6.45) is 5.69. The van der Waals surface area contributed by atoms with Crippen LogP contribution >= 0.6 is 11.6 Å². The van der Waals surface area contributed by atoms with Crippen molar-refractivity contribution in [3.8, 4) is 11.5 Å². The minimum absolute atomic E-state index is 0.110. The van der Waals surface area contributed by atoms with Gasteiger partial charge in [0, 0.05) is 6.04 Å². The van der Waals surface area contributed by atoms with Crippen LogP contribution in [0.1, 0.15) is 37.7 Å². The number of ether oxygens (including phenoxy) is 3. The van der Waals surface area contributed by atoms with Gasteiger partial charge in [0.15, 0.2) is 18.1 Å². The smallest absolute Gasteiger partial charge is 0.343 e. The maximum Gasteiger partial charge on any atom is 0.343 e. The van der Waals surface area contributed by atoms with Crippen molar-refractivity contribution in [3.05, 3.63) is 28.3 Å². The highest BCUT2D eigenvalue weighted by atomic mass is 35.5. The molecule has 0 bridgehead atoms. The lowest BCUT2D eigenvalue weighted by Crippen LogP contribution is -2.58. The minimum atomic E-state index is -0.775. The fraction of sp³-hybridized carbons (Fsp3) is 0.429. The predicted molar refractivity (Wildman–Crippen MR) is 111 cm³/mol. The second-order valence-electron chi connectivity index (χ2n) is 7.18. The van der Waals surface area contributed by atoms with Crippen molar-refractivity contribution in [1.29, 1.82) is 0 Å². The molecule has 1 N–H and O–H groups in total. The number of benzene rings is 1. The molecule has 1 saturated heterocycles. The molecule has 0 atom stereocenters. The van der Waals surface area contributed by atoms with Crippen LogP contribution in [0.25, 0.3) is 6.08 Å². The van der Waals surface area contributed by atoms with Crippen molar-refractivity contribution in [1.82, 2.24) is 10.2 Å². The zero-order valence-electron chi connectivity index (χ0n) is 17.2. The number of nitrogens with one attached hydrogen (secondary N) is 1. The number of halogens is 1. The largest absolute Gasteiger partial charge is 0.493 e. The highest BCUT2D eigenvalue weighted by molar-refractivity contribution is 6.33. The molecule has 0 aromatic heterocycles. The van der Waals surface area contributed by atoms with Gasteiger partial charge < -0.3 is 14.2 Å². The Balaban J connectivity index is 1.90. The summed E-state index contributed by atoms with van der Waals surface area (Å²) in [5.74, 6) is -1.69. The van der Waals surface area contributed by atoms with Gasteiger partial charge in [-0.15, -0.1) is 0 Å². The molecule has 1 aliphatic heterocycles. The fourth-order valence-electron chi connectivity index (χ4n) is 3.66. The topological polar surface area (TPSA) is 111 Å². The quantitative estimate of drug-likeness (QED) is 0.403. The Morgan fingerprint density at radius 3 is 2.55 bits per heavy atom. The summed E-state index contributed by atoms with van der Waals surface area (Å²) in [7, 11) is 2.61. The number of esters is 1. The maximum absolute atomic E-state index is 13.0. The van der Waals surface area contributed by atoms with Gasteiger partial charge in [-0.25, -0.2) is 9.59 Å². The van der Waals surface area contributed by atoms with Crippen LogP contribution in [-0.4, -0.2) is 55.6 Å². The third-order valence-electron chi connectivity index (χ3n) is 5.20. The van der Waals surface area contributed by atoms with Gasteiger partial charge in [0.2, 0.25) is 0 Å². The first-order chi connectivity index (χ1) is 14.8. The van der Waals surface area contributed by atoms with Crippen LogP contribution < -0.4 is 14.8 Å². The molecule has 0 unspecified atom stereocenters. The third kappa shape index (κ3) is 4.99. The summed E-state index contributed by atoms with van der Waals surface area (Å²) in [4.78, 5) is 50.2. The average molecular weight is 451 g/mol. The highest BCUT2D eigenvalue weighted by Crippen LogP contribution is 2.37. The predicted octanol–water partition coefficient (Wildman–Crippen LogP) is 2.69. The van der Waals surface area contributed by atoms with Crippen LogP contribution in [0.4, 0.5) is 4.79 Å². The monoisotopic (exact) mass is 450 g/mol. The molecule has 2 fully saturated rings. The third-order valence-corrected chi connectivity index (χ3v) is 5.48. The van der Waals surface area contributed by atoms with E-state index in [1.165, 1.54) is 32.4 Å². The van der Waals surface area contributed by atoms with Gasteiger partial charge in [0.25, 0.3) is 11.8 Å². The summed E-state index contributed by atoms with van der Waals surface area (Å²) in [6.45, 7) is -0.369. The van der Waals surface area contributed by atoms with Crippen molar-refractivity contribution in [2.24, 2.45) is 0 Å². The van der Waals surface area contributed by atoms with E-state index in [0.29, 0.717) is 18.4 Å². The normalized spacial score (nSPS) is 18.7. The van der Waals surface area contributed by atoms with Crippen molar-refractivity contribution in [2.45, 2.75) is 38.1 Å². The highest BCUT2D eigenvalue weighted by Gasteiger charge is 2.40. The zero-order chi connectivity index (χ0) is 22.5. The summed E-state index contributed by atoms with van der Waals surface area (Å²) >= 11 is 6.27. The number of amides is 4. The van der Waals surface area contributed by atoms with Crippen LogP contribution in [-0.2, 0) is 19.1 Å². The fourth-order valence-corrected chi connectivity index (χ4v) is 3.94. The van der Waals surface area contributed by atoms with Crippen LogP contribution in [0, 0.1) is 0 Å². The lowest BCUT2D eigenvalue weighted by molar-refractivity contribution is -0.143. The minimum Gasteiger partial charge on any atom is -0.493 e. The molecular weight excluding hydrogens is 428 g/mol. The first kappa shape index (κ1) is 22.6. The number of carbonyl (C=O) groups is 4. The van der Waals surface area contributed by atoms with E-state index >= 15 is 0 Å². The molecule has 1 aromatic carbocycles. The Morgan fingerprint density at radius 1 is 1.19 bits per heavy atom. The van der Waals surface area contributed by atoms with Crippen LogP contribution in [0.5, 0.6) is 11.5 Å². The van der Waals surface area contributed by atoms with E-state index in [4.69, 9.17) is 21.1 Å². The Bertz CT molecular complexity index is 938. The molecule has 2 aliphatic rings. The molecule has 3 rings (SSSR count). The number of imide groups is 2.